The molecule has 0 radical (unpaired) electrons. The summed E-state index contributed by atoms with van der Waals surface area (Å²) in [6, 6.07) is 2.02. The Balaban J connectivity index is 1.53. The zero-order valence-electron chi connectivity index (χ0n) is 16.6. The van der Waals surface area contributed by atoms with Crippen LogP contribution in [0, 0.1) is 13.8 Å². The van der Waals surface area contributed by atoms with E-state index in [0.29, 0.717) is 11.1 Å². The molecule has 1 aliphatic carbocycles. The molecule has 0 atom stereocenters. The van der Waals surface area contributed by atoms with Crippen LogP contribution < -0.4 is 5.32 Å². The van der Waals surface area contributed by atoms with E-state index >= 15 is 0 Å². The van der Waals surface area contributed by atoms with Gasteiger partial charge in [0, 0.05) is 27.5 Å². The molecular weight excluding hydrogens is 436 g/mol. The van der Waals surface area contributed by atoms with Crippen molar-refractivity contribution in [2.45, 2.75) is 44.6 Å². The molecule has 0 bridgehead atoms. The van der Waals surface area contributed by atoms with Crippen LogP contribution in [0.25, 0.3) is 16.2 Å². The Morgan fingerprint density at radius 3 is 2.90 bits per heavy atom. The normalized spacial score (nSPS) is 13.5. The lowest BCUT2D eigenvalue weighted by Gasteiger charge is -2.12. The van der Waals surface area contributed by atoms with Crippen molar-refractivity contribution in [1.82, 2.24) is 24.7 Å². The molecule has 7 nitrogen and oxygen atoms in total. The van der Waals surface area contributed by atoms with Gasteiger partial charge >= 0.3 is 0 Å². The number of nitrogens with one attached hydrogen (secondary N) is 1. The number of carbonyl (C=O) groups excluding carboxylic acids is 1. The molecule has 1 N–H and O–H groups in total. The summed E-state index contributed by atoms with van der Waals surface area (Å²) >= 11 is 4.63. The number of hydrogen-bond donors (Lipinski definition) is 1. The number of nitrogens with zero attached hydrogens (tertiary/aromatic N) is 5. The molecule has 0 saturated carbocycles. The molecule has 154 valence electrons. The van der Waals surface area contributed by atoms with Crippen molar-refractivity contribution in [3.63, 3.8) is 0 Å². The van der Waals surface area contributed by atoms with Crippen LogP contribution in [0.3, 0.4) is 0 Å². The maximum atomic E-state index is 12.4. The Bertz CT molecular complexity index is 1230. The molecular formula is C20H20N6OS3. The van der Waals surface area contributed by atoms with E-state index in [4.69, 9.17) is 9.97 Å². The Kier molecular flexibility index (Phi) is 5.30. The first kappa shape index (κ1) is 19.7. The minimum absolute atomic E-state index is 0.0847. The molecule has 0 aliphatic heterocycles. The van der Waals surface area contributed by atoms with Gasteiger partial charge in [-0.25, -0.2) is 14.6 Å². The molecule has 4 aromatic rings. The van der Waals surface area contributed by atoms with Gasteiger partial charge in [0.25, 0.3) is 5.95 Å². The Labute approximate surface area is 186 Å². The highest BCUT2D eigenvalue weighted by Gasteiger charge is 2.23. The highest BCUT2D eigenvalue weighted by molar-refractivity contribution is 8.00. The fourth-order valence-electron chi connectivity index (χ4n) is 3.72. The molecule has 0 fully saturated rings. The van der Waals surface area contributed by atoms with E-state index in [2.05, 4.69) is 15.4 Å². The van der Waals surface area contributed by atoms with Crippen LogP contribution in [-0.2, 0) is 17.6 Å². The average molecular weight is 457 g/mol. The largest absolute Gasteiger partial charge is 0.301 e. The number of aryl methyl sites for hydroxylation is 4. The van der Waals surface area contributed by atoms with Crippen LogP contribution in [-0.4, -0.2) is 36.4 Å². The van der Waals surface area contributed by atoms with Gasteiger partial charge in [-0.3, -0.25) is 4.79 Å². The van der Waals surface area contributed by atoms with E-state index in [9.17, 15) is 4.79 Å². The Morgan fingerprint density at radius 1 is 1.27 bits per heavy atom. The van der Waals surface area contributed by atoms with Gasteiger partial charge in [0.1, 0.15) is 9.86 Å². The molecule has 5 rings (SSSR count). The highest BCUT2D eigenvalue weighted by Crippen LogP contribution is 2.40. The first-order chi connectivity index (χ1) is 14.6. The van der Waals surface area contributed by atoms with Crippen LogP contribution in [0.15, 0.2) is 22.7 Å². The summed E-state index contributed by atoms with van der Waals surface area (Å²) < 4.78 is 1.78. The number of hydrogen-bond acceptors (Lipinski definition) is 8. The molecule has 4 heterocycles. The van der Waals surface area contributed by atoms with Crippen molar-refractivity contribution >= 4 is 55.7 Å². The summed E-state index contributed by atoms with van der Waals surface area (Å²) in [6.07, 6.45) is 6.24. The van der Waals surface area contributed by atoms with Crippen LogP contribution in [0.1, 0.15) is 34.7 Å². The molecule has 0 spiro atoms. The quantitative estimate of drug-likeness (QED) is 0.350. The third-order valence-electron chi connectivity index (χ3n) is 4.99. The summed E-state index contributed by atoms with van der Waals surface area (Å²) in [6.45, 7) is 3.96. The summed E-state index contributed by atoms with van der Waals surface area (Å²) in [5, 5.41) is 11.8. The number of aromatic nitrogens is 5. The molecule has 0 saturated heterocycles. The summed E-state index contributed by atoms with van der Waals surface area (Å²) in [5.74, 6) is 0.750. The van der Waals surface area contributed by atoms with E-state index in [1.165, 1.54) is 46.4 Å². The van der Waals surface area contributed by atoms with Crippen molar-refractivity contribution in [2.75, 3.05) is 11.1 Å². The number of thiazole rings is 1. The van der Waals surface area contributed by atoms with Crippen LogP contribution >= 0.6 is 34.4 Å². The molecule has 1 aliphatic rings. The van der Waals surface area contributed by atoms with Gasteiger partial charge in [-0.1, -0.05) is 11.8 Å². The second-order valence-electron chi connectivity index (χ2n) is 7.23. The lowest BCUT2D eigenvalue weighted by Crippen LogP contribution is -2.14. The molecule has 30 heavy (non-hydrogen) atoms. The molecule has 1 amide bonds. The summed E-state index contributed by atoms with van der Waals surface area (Å²) in [5.41, 5.74) is 3.29. The van der Waals surface area contributed by atoms with E-state index in [1.54, 1.807) is 22.2 Å². The number of fused-ring (bicyclic) bond motifs is 3. The lowest BCUT2D eigenvalue weighted by molar-refractivity contribution is -0.113. The van der Waals surface area contributed by atoms with Gasteiger partial charge in [0.2, 0.25) is 5.91 Å². The van der Waals surface area contributed by atoms with E-state index in [0.717, 1.165) is 39.5 Å². The second-order valence-corrected chi connectivity index (χ2v) is 10.2. The molecule has 10 heteroatoms. The van der Waals surface area contributed by atoms with Gasteiger partial charge < -0.3 is 5.32 Å². The zero-order chi connectivity index (χ0) is 20.7. The summed E-state index contributed by atoms with van der Waals surface area (Å²) in [7, 11) is 0. The van der Waals surface area contributed by atoms with E-state index in [1.807, 2.05) is 25.3 Å². The maximum absolute atomic E-state index is 12.4. The van der Waals surface area contributed by atoms with Crippen LogP contribution in [0.5, 0.6) is 0 Å². The van der Waals surface area contributed by atoms with Crippen molar-refractivity contribution < 1.29 is 4.79 Å². The predicted molar refractivity (Wildman–Crippen MR) is 122 cm³/mol. The van der Waals surface area contributed by atoms with Crippen molar-refractivity contribution in [2.24, 2.45) is 0 Å². The number of rotatable bonds is 5. The molecule has 0 aromatic carbocycles. The first-order valence-electron chi connectivity index (χ1n) is 9.76. The van der Waals surface area contributed by atoms with E-state index < -0.39 is 0 Å². The average Bonchev–Trinajstić information content (AvgIpc) is 3.44. The number of thiophene rings is 1. The van der Waals surface area contributed by atoms with Gasteiger partial charge in [0.15, 0.2) is 5.13 Å². The van der Waals surface area contributed by atoms with Crippen LogP contribution in [0.4, 0.5) is 5.13 Å². The third-order valence-corrected chi connectivity index (χ3v) is 7.84. The lowest BCUT2D eigenvalue weighted by atomic mass is 9.97. The SMILES string of the molecule is Cc1cc(C)n(-c2nc(SCC(=O)Nc3nccs3)c3c4c(sc3n2)CCCC4)n1. The minimum Gasteiger partial charge on any atom is -0.301 e. The monoisotopic (exact) mass is 456 g/mol. The topological polar surface area (TPSA) is 85.6 Å². The van der Waals surface area contributed by atoms with E-state index in [-0.39, 0.29) is 11.7 Å². The van der Waals surface area contributed by atoms with Gasteiger partial charge in [-0.05, 0) is 51.2 Å². The van der Waals surface area contributed by atoms with Crippen molar-refractivity contribution in [1.29, 1.82) is 0 Å². The number of carbonyl (C=O) groups is 1. The standard InChI is InChI=1S/C20H20N6OS3/c1-11-9-12(2)26(25-11)19-23-17(29-10-15(27)22-20-21-7-8-28-20)16-13-5-3-4-6-14(13)30-18(16)24-19/h7-9H,3-6,10H2,1-2H3,(H,21,22,27). The Morgan fingerprint density at radius 2 is 2.13 bits per heavy atom. The third kappa shape index (κ3) is 3.75. The fraction of sp³-hybridized carbons (Fsp3) is 0.350. The number of amides is 1. The highest BCUT2D eigenvalue weighted by atomic mass is 32.2. The molecule has 4 aromatic heterocycles. The smallest absolute Gasteiger partial charge is 0.253 e. The Hall–Kier alpha value is -2.30. The van der Waals surface area contributed by atoms with Gasteiger partial charge in [0.05, 0.1) is 11.4 Å². The number of anilines is 1. The van der Waals surface area contributed by atoms with Crippen molar-refractivity contribution in [3.8, 4) is 5.95 Å². The van der Waals surface area contributed by atoms with Crippen molar-refractivity contribution in [3.05, 3.63) is 39.5 Å². The first-order valence-corrected chi connectivity index (χ1v) is 12.4. The molecule has 0 unspecified atom stereocenters. The number of thioether (sulfide) groups is 1. The fourth-order valence-corrected chi connectivity index (χ4v) is 6.43. The van der Waals surface area contributed by atoms with Crippen LogP contribution in [0.2, 0.25) is 0 Å². The zero-order valence-corrected chi connectivity index (χ0v) is 19.1. The predicted octanol–water partition coefficient (Wildman–Crippen LogP) is 4.56. The van der Waals surface area contributed by atoms with Gasteiger partial charge in [-0.15, -0.1) is 22.7 Å². The van der Waals surface area contributed by atoms with Gasteiger partial charge in [-0.2, -0.15) is 10.1 Å². The second kappa shape index (κ2) is 8.09. The summed E-state index contributed by atoms with van der Waals surface area (Å²) in [4.78, 5) is 28.7. The minimum atomic E-state index is -0.0847. The maximum Gasteiger partial charge on any atom is 0.253 e.